The van der Waals surface area contributed by atoms with E-state index in [4.69, 9.17) is 10.8 Å². The van der Waals surface area contributed by atoms with E-state index in [1.54, 1.807) is 0 Å². The molecule has 0 unspecified atom stereocenters. The summed E-state index contributed by atoms with van der Waals surface area (Å²) in [6, 6.07) is 1.08. The van der Waals surface area contributed by atoms with Crippen molar-refractivity contribution in [3.05, 3.63) is 0 Å². The third kappa shape index (κ3) is 3.52. The number of aliphatic hydroxyl groups excluding tert-OH is 1. The topological polar surface area (TPSA) is 58.3 Å². The number of aliphatic hydroxyl groups is 1. The molecule has 0 aromatic carbocycles. The second kappa shape index (κ2) is 5.51. The monoisotopic (exact) mass is 172 g/mol. The van der Waals surface area contributed by atoms with Crippen LogP contribution in [0.2, 0.25) is 0 Å². The third-order valence-corrected chi connectivity index (χ3v) is 2.54. The van der Waals surface area contributed by atoms with Crippen molar-refractivity contribution in [1.82, 2.24) is 5.32 Å². The minimum Gasteiger partial charge on any atom is -0.396 e. The van der Waals surface area contributed by atoms with Gasteiger partial charge in [-0.1, -0.05) is 0 Å². The summed E-state index contributed by atoms with van der Waals surface area (Å²) in [5.41, 5.74) is 5.78. The van der Waals surface area contributed by atoms with Crippen LogP contribution in [-0.2, 0) is 0 Å². The van der Waals surface area contributed by atoms with Crippen LogP contribution in [0.3, 0.4) is 0 Å². The summed E-state index contributed by atoms with van der Waals surface area (Å²) in [5.74, 6) is 0. The summed E-state index contributed by atoms with van der Waals surface area (Å²) in [4.78, 5) is 0. The highest BCUT2D eigenvalue weighted by atomic mass is 16.3. The van der Waals surface area contributed by atoms with Gasteiger partial charge in [-0.05, 0) is 38.6 Å². The molecule has 1 aliphatic carbocycles. The fourth-order valence-electron chi connectivity index (χ4n) is 1.71. The maximum atomic E-state index is 8.58. The molecule has 4 N–H and O–H groups in total. The zero-order chi connectivity index (χ0) is 8.81. The molecule has 0 amide bonds. The molecule has 0 aliphatic heterocycles. The van der Waals surface area contributed by atoms with Crippen LogP contribution in [0.4, 0.5) is 0 Å². The lowest BCUT2D eigenvalue weighted by Gasteiger charge is -2.26. The van der Waals surface area contributed by atoms with Crippen molar-refractivity contribution < 1.29 is 5.11 Å². The van der Waals surface area contributed by atoms with E-state index in [0.717, 1.165) is 25.8 Å². The van der Waals surface area contributed by atoms with Crippen molar-refractivity contribution in [2.75, 3.05) is 13.2 Å². The molecule has 72 valence electrons. The van der Waals surface area contributed by atoms with E-state index in [1.807, 2.05) is 0 Å². The molecule has 0 saturated heterocycles. The van der Waals surface area contributed by atoms with Gasteiger partial charge in [0.05, 0.1) is 0 Å². The van der Waals surface area contributed by atoms with Crippen molar-refractivity contribution in [2.45, 2.75) is 44.2 Å². The zero-order valence-corrected chi connectivity index (χ0v) is 7.63. The van der Waals surface area contributed by atoms with Gasteiger partial charge in [0.2, 0.25) is 0 Å². The van der Waals surface area contributed by atoms with Gasteiger partial charge in [0.15, 0.2) is 0 Å². The highest BCUT2D eigenvalue weighted by Gasteiger charge is 2.17. The van der Waals surface area contributed by atoms with Crippen LogP contribution in [0.15, 0.2) is 0 Å². The number of hydrogen-bond donors (Lipinski definition) is 3. The molecule has 0 aromatic heterocycles. The average molecular weight is 172 g/mol. The summed E-state index contributed by atoms with van der Waals surface area (Å²) in [5, 5.41) is 12.0. The van der Waals surface area contributed by atoms with E-state index in [0.29, 0.717) is 18.7 Å². The van der Waals surface area contributed by atoms with Crippen molar-refractivity contribution in [1.29, 1.82) is 0 Å². The molecule has 3 nitrogen and oxygen atoms in total. The molecule has 0 atom stereocenters. The Balaban J connectivity index is 2.01. The van der Waals surface area contributed by atoms with Gasteiger partial charge in [0.25, 0.3) is 0 Å². The summed E-state index contributed by atoms with van der Waals surface area (Å²) >= 11 is 0. The molecule has 0 radical (unpaired) electrons. The first kappa shape index (κ1) is 9.96. The standard InChI is InChI=1S/C9H20N2O/c10-8-2-4-9(5-3-8)11-6-1-7-12/h8-9,11-12H,1-7,10H2. The van der Waals surface area contributed by atoms with Crippen LogP contribution in [0.5, 0.6) is 0 Å². The lowest BCUT2D eigenvalue weighted by atomic mass is 9.92. The van der Waals surface area contributed by atoms with E-state index >= 15 is 0 Å². The second-order valence-corrected chi connectivity index (χ2v) is 3.64. The number of rotatable bonds is 4. The molecule has 3 heteroatoms. The van der Waals surface area contributed by atoms with Crippen molar-refractivity contribution in [3.8, 4) is 0 Å². The number of hydrogen-bond acceptors (Lipinski definition) is 3. The highest BCUT2D eigenvalue weighted by Crippen LogP contribution is 2.16. The van der Waals surface area contributed by atoms with E-state index in [2.05, 4.69) is 5.32 Å². The second-order valence-electron chi connectivity index (χ2n) is 3.64. The third-order valence-electron chi connectivity index (χ3n) is 2.54. The molecule has 0 bridgehead atoms. The van der Waals surface area contributed by atoms with Gasteiger partial charge in [-0.15, -0.1) is 0 Å². The molecule has 0 aromatic rings. The van der Waals surface area contributed by atoms with Gasteiger partial charge in [0.1, 0.15) is 0 Å². The summed E-state index contributed by atoms with van der Waals surface area (Å²) in [6.45, 7) is 1.23. The molecule has 1 aliphatic rings. The fraction of sp³-hybridized carbons (Fsp3) is 1.00. The maximum Gasteiger partial charge on any atom is 0.0443 e. The zero-order valence-electron chi connectivity index (χ0n) is 7.63. The Morgan fingerprint density at radius 3 is 2.50 bits per heavy atom. The van der Waals surface area contributed by atoms with Gasteiger partial charge in [-0.25, -0.2) is 0 Å². The van der Waals surface area contributed by atoms with Crippen LogP contribution in [0, 0.1) is 0 Å². The van der Waals surface area contributed by atoms with E-state index in [9.17, 15) is 0 Å². The lowest BCUT2D eigenvalue weighted by Crippen LogP contribution is -2.37. The molecule has 12 heavy (non-hydrogen) atoms. The highest BCUT2D eigenvalue weighted by molar-refractivity contribution is 4.78. The first-order chi connectivity index (χ1) is 5.83. The van der Waals surface area contributed by atoms with Crippen molar-refractivity contribution in [2.24, 2.45) is 5.73 Å². The molecular weight excluding hydrogens is 152 g/mol. The van der Waals surface area contributed by atoms with E-state index in [1.165, 1.54) is 12.8 Å². The lowest BCUT2D eigenvalue weighted by molar-refractivity contribution is 0.275. The van der Waals surface area contributed by atoms with Gasteiger partial charge >= 0.3 is 0 Å². The van der Waals surface area contributed by atoms with Crippen LogP contribution >= 0.6 is 0 Å². The van der Waals surface area contributed by atoms with Crippen LogP contribution in [-0.4, -0.2) is 30.3 Å². The SMILES string of the molecule is NC1CCC(NCCCO)CC1. The first-order valence-electron chi connectivity index (χ1n) is 4.92. The minimum atomic E-state index is 0.291. The van der Waals surface area contributed by atoms with Gasteiger partial charge < -0.3 is 16.2 Å². The van der Waals surface area contributed by atoms with E-state index < -0.39 is 0 Å². The molecule has 1 fully saturated rings. The average Bonchev–Trinajstić information content (AvgIpc) is 2.09. The Labute approximate surface area is 74.3 Å². The predicted octanol–water partition coefficient (Wildman–Crippen LogP) is 0.228. The molecule has 1 rings (SSSR count). The fourth-order valence-corrected chi connectivity index (χ4v) is 1.71. The molecular formula is C9H20N2O. The Morgan fingerprint density at radius 2 is 1.92 bits per heavy atom. The number of nitrogens with two attached hydrogens (primary N) is 1. The van der Waals surface area contributed by atoms with Gasteiger partial charge in [-0.2, -0.15) is 0 Å². The quantitative estimate of drug-likeness (QED) is 0.532. The maximum absolute atomic E-state index is 8.58. The Kier molecular flexibility index (Phi) is 4.58. The summed E-state index contributed by atoms with van der Waals surface area (Å²) in [7, 11) is 0. The normalized spacial score (nSPS) is 30.5. The minimum absolute atomic E-state index is 0.291. The molecule has 1 saturated carbocycles. The summed E-state index contributed by atoms with van der Waals surface area (Å²) in [6.07, 6.45) is 5.56. The van der Waals surface area contributed by atoms with Crippen molar-refractivity contribution >= 4 is 0 Å². The molecule has 0 heterocycles. The molecule has 0 spiro atoms. The Morgan fingerprint density at radius 1 is 1.25 bits per heavy atom. The largest absolute Gasteiger partial charge is 0.396 e. The van der Waals surface area contributed by atoms with Crippen molar-refractivity contribution in [3.63, 3.8) is 0 Å². The first-order valence-corrected chi connectivity index (χ1v) is 4.92. The van der Waals surface area contributed by atoms with Gasteiger partial charge in [0, 0.05) is 18.7 Å². The van der Waals surface area contributed by atoms with Crippen LogP contribution < -0.4 is 11.1 Å². The predicted molar refractivity (Wildman–Crippen MR) is 49.9 cm³/mol. The smallest absolute Gasteiger partial charge is 0.0443 e. The Hall–Kier alpha value is -0.120. The van der Waals surface area contributed by atoms with Gasteiger partial charge in [-0.3, -0.25) is 0 Å². The summed E-state index contributed by atoms with van der Waals surface area (Å²) < 4.78 is 0. The van der Waals surface area contributed by atoms with E-state index in [-0.39, 0.29) is 0 Å². The Bertz CT molecular complexity index is 111. The van der Waals surface area contributed by atoms with Crippen LogP contribution in [0.25, 0.3) is 0 Å². The number of nitrogens with one attached hydrogen (secondary N) is 1. The van der Waals surface area contributed by atoms with Crippen LogP contribution in [0.1, 0.15) is 32.1 Å².